The number of ketones is 1. The Morgan fingerprint density at radius 1 is 1.19 bits per heavy atom. The smallest absolute Gasteiger partial charge is 0.309 e. The predicted octanol–water partition coefficient (Wildman–Crippen LogP) is 2.35. The normalized spacial score (nSPS) is 19.5. The molecule has 0 spiro atoms. The van der Waals surface area contributed by atoms with Crippen molar-refractivity contribution in [2.24, 2.45) is 5.92 Å². The minimum Gasteiger partial charge on any atom is -0.454 e. The average molecular weight is 394 g/mol. The zero-order chi connectivity index (χ0) is 19.6. The molecule has 0 bridgehead atoms. The SMILES string of the molecule is CCS(=O)(=O)N1CCC(C(=O)OC(C)C(=O)c2ccc3c(c2)CCC3)CC1. The molecule has 1 heterocycles. The van der Waals surface area contributed by atoms with Crippen LogP contribution < -0.4 is 0 Å². The summed E-state index contributed by atoms with van der Waals surface area (Å²) >= 11 is 0. The number of esters is 1. The lowest BCUT2D eigenvalue weighted by Gasteiger charge is -2.30. The highest BCUT2D eigenvalue weighted by Gasteiger charge is 2.32. The standard InChI is InChI=1S/C20H27NO5S/c1-3-27(24,25)21-11-9-16(10-12-21)20(23)26-14(2)19(22)18-8-7-15-5-4-6-17(15)13-18/h7-8,13-14,16H,3-6,9-12H2,1-2H3. The summed E-state index contributed by atoms with van der Waals surface area (Å²) < 4.78 is 30.6. The highest BCUT2D eigenvalue weighted by molar-refractivity contribution is 7.89. The molecule has 0 aromatic heterocycles. The summed E-state index contributed by atoms with van der Waals surface area (Å²) in [7, 11) is -3.22. The van der Waals surface area contributed by atoms with E-state index in [1.165, 1.54) is 15.4 Å². The van der Waals surface area contributed by atoms with E-state index in [1.807, 2.05) is 18.2 Å². The number of hydrogen-bond donors (Lipinski definition) is 0. The number of fused-ring (bicyclic) bond motifs is 1. The van der Waals surface area contributed by atoms with Crippen molar-refractivity contribution in [3.8, 4) is 0 Å². The first kappa shape index (κ1) is 20.0. The van der Waals surface area contributed by atoms with Crippen LogP contribution in [0.4, 0.5) is 0 Å². The number of nitrogens with zero attached hydrogens (tertiary/aromatic N) is 1. The number of sulfonamides is 1. The highest BCUT2D eigenvalue weighted by Crippen LogP contribution is 2.25. The molecular weight excluding hydrogens is 366 g/mol. The third-order valence-corrected chi connectivity index (χ3v) is 7.47. The van der Waals surface area contributed by atoms with Crippen molar-refractivity contribution in [2.45, 2.75) is 52.1 Å². The van der Waals surface area contributed by atoms with Crippen molar-refractivity contribution in [3.05, 3.63) is 34.9 Å². The molecule has 7 heteroatoms. The van der Waals surface area contributed by atoms with Gasteiger partial charge in [0.25, 0.3) is 0 Å². The number of carbonyl (C=O) groups excluding carboxylic acids is 2. The third kappa shape index (κ3) is 4.41. The molecule has 0 amide bonds. The molecule has 1 aliphatic heterocycles. The van der Waals surface area contributed by atoms with Crippen LogP contribution in [0.3, 0.4) is 0 Å². The van der Waals surface area contributed by atoms with Gasteiger partial charge in [-0.2, -0.15) is 0 Å². The molecule has 1 fully saturated rings. The van der Waals surface area contributed by atoms with E-state index in [1.54, 1.807) is 13.8 Å². The number of carbonyl (C=O) groups is 2. The first-order valence-corrected chi connectivity index (χ1v) is 11.3. The minimum absolute atomic E-state index is 0.0639. The summed E-state index contributed by atoms with van der Waals surface area (Å²) in [5, 5.41) is 0. The quantitative estimate of drug-likeness (QED) is 0.547. The van der Waals surface area contributed by atoms with Crippen LogP contribution in [0.5, 0.6) is 0 Å². The molecule has 1 aliphatic carbocycles. The van der Waals surface area contributed by atoms with E-state index >= 15 is 0 Å². The first-order chi connectivity index (χ1) is 12.8. The molecule has 3 rings (SSSR count). The summed E-state index contributed by atoms with van der Waals surface area (Å²) in [4.78, 5) is 25.0. The van der Waals surface area contributed by atoms with E-state index in [2.05, 4.69) is 0 Å². The van der Waals surface area contributed by atoms with Crippen LogP contribution in [-0.2, 0) is 32.4 Å². The van der Waals surface area contributed by atoms with Crippen molar-refractivity contribution < 1.29 is 22.7 Å². The van der Waals surface area contributed by atoms with Gasteiger partial charge in [0, 0.05) is 18.7 Å². The van der Waals surface area contributed by atoms with E-state index in [0.29, 0.717) is 31.5 Å². The van der Waals surface area contributed by atoms with Gasteiger partial charge in [-0.05, 0) is 63.1 Å². The number of rotatable bonds is 6. The van der Waals surface area contributed by atoms with E-state index in [-0.39, 0.29) is 17.5 Å². The Balaban J connectivity index is 1.56. The molecule has 0 saturated carbocycles. The second-order valence-electron chi connectivity index (χ2n) is 7.35. The number of benzene rings is 1. The molecule has 1 saturated heterocycles. The Labute approximate surface area is 160 Å². The molecular formula is C20H27NO5S. The molecule has 148 valence electrons. The maximum Gasteiger partial charge on any atom is 0.309 e. The molecule has 0 radical (unpaired) electrons. The maximum absolute atomic E-state index is 12.6. The van der Waals surface area contributed by atoms with Crippen LogP contribution in [0.1, 0.15) is 54.6 Å². The number of ether oxygens (including phenoxy) is 1. The molecule has 6 nitrogen and oxygen atoms in total. The summed E-state index contributed by atoms with van der Waals surface area (Å²) in [6, 6.07) is 5.72. The third-order valence-electron chi connectivity index (χ3n) is 5.59. The number of aryl methyl sites for hydroxylation is 2. The van der Waals surface area contributed by atoms with Crippen LogP contribution >= 0.6 is 0 Å². The largest absolute Gasteiger partial charge is 0.454 e. The molecule has 0 N–H and O–H groups in total. The van der Waals surface area contributed by atoms with E-state index in [0.717, 1.165) is 19.3 Å². The van der Waals surface area contributed by atoms with Crippen LogP contribution in [0.25, 0.3) is 0 Å². The van der Waals surface area contributed by atoms with Gasteiger partial charge < -0.3 is 4.74 Å². The number of piperidine rings is 1. The molecule has 1 unspecified atom stereocenters. The Morgan fingerprint density at radius 2 is 1.85 bits per heavy atom. The number of Topliss-reactive ketones (excluding diaryl/α,β-unsaturated/α-hetero) is 1. The minimum atomic E-state index is -3.22. The van der Waals surface area contributed by atoms with Crippen LogP contribution in [0, 0.1) is 5.92 Å². The van der Waals surface area contributed by atoms with Gasteiger partial charge in [-0.1, -0.05) is 12.1 Å². The van der Waals surface area contributed by atoms with Crippen LogP contribution in [0.2, 0.25) is 0 Å². The lowest BCUT2D eigenvalue weighted by atomic mass is 9.98. The summed E-state index contributed by atoms with van der Waals surface area (Å²) in [6.07, 6.45) is 3.18. The van der Waals surface area contributed by atoms with Gasteiger partial charge in [0.1, 0.15) is 0 Å². The Morgan fingerprint density at radius 3 is 2.52 bits per heavy atom. The summed E-state index contributed by atoms with van der Waals surface area (Å²) in [5.41, 5.74) is 3.09. The first-order valence-electron chi connectivity index (χ1n) is 9.66. The van der Waals surface area contributed by atoms with Gasteiger partial charge in [0.15, 0.2) is 6.10 Å². The van der Waals surface area contributed by atoms with E-state index in [4.69, 9.17) is 4.74 Å². The fourth-order valence-corrected chi connectivity index (χ4v) is 4.97. The van der Waals surface area contributed by atoms with Gasteiger partial charge >= 0.3 is 5.97 Å². The van der Waals surface area contributed by atoms with E-state index < -0.39 is 22.1 Å². The van der Waals surface area contributed by atoms with Gasteiger partial charge in [0.2, 0.25) is 15.8 Å². The van der Waals surface area contributed by atoms with Crippen molar-refractivity contribution in [1.82, 2.24) is 4.31 Å². The van der Waals surface area contributed by atoms with Gasteiger partial charge in [-0.15, -0.1) is 0 Å². The number of hydrogen-bond acceptors (Lipinski definition) is 5. The topological polar surface area (TPSA) is 80.8 Å². The molecule has 1 atom stereocenters. The second-order valence-corrected chi connectivity index (χ2v) is 9.61. The van der Waals surface area contributed by atoms with E-state index in [9.17, 15) is 18.0 Å². The second kappa shape index (κ2) is 8.10. The predicted molar refractivity (Wildman–Crippen MR) is 102 cm³/mol. The molecule has 27 heavy (non-hydrogen) atoms. The van der Waals surface area contributed by atoms with Gasteiger partial charge in [-0.3, -0.25) is 9.59 Å². The van der Waals surface area contributed by atoms with Gasteiger partial charge in [0.05, 0.1) is 11.7 Å². The zero-order valence-electron chi connectivity index (χ0n) is 15.9. The average Bonchev–Trinajstić information content (AvgIpc) is 3.15. The van der Waals surface area contributed by atoms with Crippen molar-refractivity contribution in [2.75, 3.05) is 18.8 Å². The lowest BCUT2D eigenvalue weighted by Crippen LogP contribution is -2.42. The Hall–Kier alpha value is -1.73. The van der Waals surface area contributed by atoms with Crippen molar-refractivity contribution in [3.63, 3.8) is 0 Å². The fraction of sp³-hybridized carbons (Fsp3) is 0.600. The zero-order valence-corrected chi connectivity index (χ0v) is 16.8. The highest BCUT2D eigenvalue weighted by atomic mass is 32.2. The van der Waals surface area contributed by atoms with Crippen LogP contribution in [0.15, 0.2) is 18.2 Å². The monoisotopic (exact) mass is 393 g/mol. The fourth-order valence-electron chi connectivity index (χ4n) is 3.84. The lowest BCUT2D eigenvalue weighted by molar-refractivity contribution is -0.152. The maximum atomic E-state index is 12.6. The summed E-state index contributed by atoms with van der Waals surface area (Å²) in [6.45, 7) is 3.86. The summed E-state index contributed by atoms with van der Waals surface area (Å²) in [5.74, 6) is -0.896. The van der Waals surface area contributed by atoms with Crippen LogP contribution in [-0.4, -0.2) is 49.4 Å². The van der Waals surface area contributed by atoms with Crippen molar-refractivity contribution in [1.29, 1.82) is 0 Å². The van der Waals surface area contributed by atoms with Crippen molar-refractivity contribution >= 4 is 21.8 Å². The molecule has 1 aromatic rings. The Kier molecular flexibility index (Phi) is 6.01. The molecule has 2 aliphatic rings. The molecule has 1 aromatic carbocycles. The Bertz CT molecular complexity index is 825. The van der Waals surface area contributed by atoms with Gasteiger partial charge in [-0.25, -0.2) is 12.7 Å².